The van der Waals surface area contributed by atoms with Crippen LogP contribution in [0.15, 0.2) is 79.0 Å². The first-order chi connectivity index (χ1) is 13.3. The molecule has 0 unspecified atom stereocenters. The third kappa shape index (κ3) is 2.56. The van der Waals surface area contributed by atoms with Gasteiger partial charge in [0.25, 0.3) is 0 Å². The topological polar surface area (TPSA) is 39.0 Å². The minimum Gasteiger partial charge on any atom is -0.497 e. The number of H-pyrrole nitrogens is 1. The van der Waals surface area contributed by atoms with Crippen LogP contribution >= 0.6 is 0 Å². The molecule has 2 N–H and O–H groups in total. The summed E-state index contributed by atoms with van der Waals surface area (Å²) in [4.78, 5) is 6.83. The first-order valence-corrected chi connectivity index (χ1v) is 8.99. The van der Waals surface area contributed by atoms with Gasteiger partial charge in [0.1, 0.15) is 5.75 Å². The number of ether oxygens (including phenoxy) is 1. The molecule has 0 fully saturated rings. The van der Waals surface area contributed by atoms with E-state index >= 15 is 0 Å². The van der Waals surface area contributed by atoms with Gasteiger partial charge >= 0.3 is 0 Å². The Morgan fingerprint density at radius 3 is 2.52 bits per heavy atom. The molecule has 0 saturated heterocycles. The fourth-order valence-corrected chi connectivity index (χ4v) is 3.77. The number of hydrogen-bond acceptors (Lipinski definition) is 1. The standard InChI is InChI=1S/C24H18N2O/c1-27-17-12-10-16(11-13-17)24(20-14-25-22-8-4-2-6-18(20)22)21-15-26-23-9-5-3-7-19(21)23/h2-15,25H,1H3/p+1. The Kier molecular flexibility index (Phi) is 3.65. The minimum absolute atomic E-state index is 0.857. The van der Waals surface area contributed by atoms with Crippen LogP contribution in [0.3, 0.4) is 0 Å². The van der Waals surface area contributed by atoms with Crippen molar-refractivity contribution in [2.75, 3.05) is 7.11 Å². The summed E-state index contributed by atoms with van der Waals surface area (Å²) in [7, 11) is 1.69. The van der Waals surface area contributed by atoms with Gasteiger partial charge in [0.15, 0.2) is 6.21 Å². The highest BCUT2D eigenvalue weighted by atomic mass is 16.5. The lowest BCUT2D eigenvalue weighted by Gasteiger charge is -2.11. The summed E-state index contributed by atoms with van der Waals surface area (Å²) < 4.78 is 5.35. The Labute approximate surface area is 157 Å². The molecule has 1 aliphatic rings. The van der Waals surface area contributed by atoms with Crippen molar-refractivity contribution in [2.45, 2.75) is 0 Å². The zero-order chi connectivity index (χ0) is 18.2. The van der Waals surface area contributed by atoms with Crippen molar-refractivity contribution in [2.24, 2.45) is 0 Å². The van der Waals surface area contributed by atoms with Gasteiger partial charge in [-0.15, -0.1) is 0 Å². The van der Waals surface area contributed by atoms with Crippen molar-refractivity contribution in [3.63, 3.8) is 0 Å². The van der Waals surface area contributed by atoms with E-state index in [1.54, 1.807) is 7.11 Å². The maximum Gasteiger partial charge on any atom is 0.211 e. The number of methoxy groups -OCH3 is 1. The SMILES string of the molecule is COc1ccc(C(=C2C=[NH+]c3ccccc32)c2c[nH]c3ccccc23)cc1. The number of aromatic nitrogens is 1. The second kappa shape index (κ2) is 6.29. The molecule has 0 saturated carbocycles. The third-order valence-corrected chi connectivity index (χ3v) is 5.10. The normalized spacial score (nSPS) is 14.4. The summed E-state index contributed by atoms with van der Waals surface area (Å²) in [5.41, 5.74) is 8.24. The Morgan fingerprint density at radius 2 is 1.67 bits per heavy atom. The van der Waals surface area contributed by atoms with Gasteiger partial charge in [-0.25, -0.2) is 4.99 Å². The maximum absolute atomic E-state index is 5.35. The molecule has 3 aromatic carbocycles. The zero-order valence-electron chi connectivity index (χ0n) is 15.0. The third-order valence-electron chi connectivity index (χ3n) is 5.10. The Morgan fingerprint density at radius 1 is 0.889 bits per heavy atom. The minimum atomic E-state index is 0.857. The van der Waals surface area contributed by atoms with Gasteiger partial charge < -0.3 is 9.72 Å². The molecule has 0 atom stereocenters. The second-order valence-electron chi connectivity index (χ2n) is 6.60. The van der Waals surface area contributed by atoms with Crippen molar-refractivity contribution in [1.29, 1.82) is 0 Å². The lowest BCUT2D eigenvalue weighted by Crippen LogP contribution is -2.58. The molecule has 0 aliphatic carbocycles. The molecule has 3 nitrogen and oxygen atoms in total. The van der Waals surface area contributed by atoms with Crippen molar-refractivity contribution < 1.29 is 9.73 Å². The van der Waals surface area contributed by atoms with E-state index in [1.165, 1.54) is 27.7 Å². The summed E-state index contributed by atoms with van der Waals surface area (Å²) in [5.74, 6) is 0.857. The molecule has 4 aromatic rings. The first-order valence-electron chi connectivity index (χ1n) is 8.99. The number of rotatable bonds is 3. The van der Waals surface area contributed by atoms with Crippen molar-refractivity contribution in [3.05, 3.63) is 95.7 Å². The molecule has 27 heavy (non-hydrogen) atoms. The van der Waals surface area contributed by atoms with Gasteiger partial charge in [0.2, 0.25) is 5.69 Å². The van der Waals surface area contributed by atoms with Crippen molar-refractivity contribution in [3.8, 4) is 5.75 Å². The van der Waals surface area contributed by atoms with Gasteiger partial charge in [0.05, 0.1) is 18.2 Å². The summed E-state index contributed by atoms with van der Waals surface area (Å²) in [6.07, 6.45) is 4.21. The summed E-state index contributed by atoms with van der Waals surface area (Å²) >= 11 is 0. The molecule has 0 amide bonds. The van der Waals surface area contributed by atoms with E-state index in [-0.39, 0.29) is 0 Å². The van der Waals surface area contributed by atoms with Crippen molar-refractivity contribution >= 4 is 34.0 Å². The van der Waals surface area contributed by atoms with Crippen LogP contribution in [-0.4, -0.2) is 18.3 Å². The van der Waals surface area contributed by atoms with Crippen LogP contribution in [0.25, 0.3) is 22.0 Å². The van der Waals surface area contributed by atoms with Crippen LogP contribution in [0.2, 0.25) is 0 Å². The molecular weight excluding hydrogens is 332 g/mol. The molecule has 5 rings (SSSR count). The number of fused-ring (bicyclic) bond motifs is 2. The number of nitrogens with one attached hydrogen (secondary N) is 2. The van der Waals surface area contributed by atoms with Crippen LogP contribution in [0.1, 0.15) is 16.7 Å². The molecule has 1 aliphatic heterocycles. The van der Waals surface area contributed by atoms with Gasteiger partial charge in [-0.2, -0.15) is 0 Å². The second-order valence-corrected chi connectivity index (χ2v) is 6.60. The lowest BCUT2D eigenvalue weighted by molar-refractivity contribution is -0.342. The number of aromatic amines is 1. The first kappa shape index (κ1) is 15.6. The van der Waals surface area contributed by atoms with Crippen molar-refractivity contribution in [1.82, 2.24) is 4.98 Å². The van der Waals surface area contributed by atoms with Gasteiger partial charge in [0, 0.05) is 34.3 Å². The summed E-state index contributed by atoms with van der Waals surface area (Å²) in [6.45, 7) is 0. The smallest absolute Gasteiger partial charge is 0.211 e. The van der Waals surface area contributed by atoms with Gasteiger partial charge in [-0.1, -0.05) is 42.5 Å². The highest BCUT2D eigenvalue weighted by molar-refractivity contribution is 6.24. The maximum atomic E-state index is 5.35. The largest absolute Gasteiger partial charge is 0.497 e. The quantitative estimate of drug-likeness (QED) is 0.577. The monoisotopic (exact) mass is 351 g/mol. The Balaban J connectivity index is 1.81. The molecule has 0 bridgehead atoms. The Bertz CT molecular complexity index is 1200. The lowest BCUT2D eigenvalue weighted by atomic mass is 9.90. The average molecular weight is 351 g/mol. The summed E-state index contributed by atoms with van der Waals surface area (Å²) in [6, 6.07) is 25.1. The van der Waals surface area contributed by atoms with E-state index in [1.807, 2.05) is 12.1 Å². The molecule has 0 radical (unpaired) electrons. The molecule has 1 aromatic heterocycles. The van der Waals surface area contributed by atoms with E-state index in [2.05, 4.69) is 83.1 Å². The van der Waals surface area contributed by atoms with Gasteiger partial charge in [-0.05, 0) is 29.8 Å². The molecular formula is C24H19N2O+. The van der Waals surface area contributed by atoms with Crippen LogP contribution in [0, 0.1) is 0 Å². The fraction of sp³-hybridized carbons (Fsp3) is 0.0417. The molecule has 0 spiro atoms. The van der Waals surface area contributed by atoms with Gasteiger partial charge in [-0.3, -0.25) is 0 Å². The Hall–Kier alpha value is -3.59. The van der Waals surface area contributed by atoms with E-state index in [0.29, 0.717) is 0 Å². The predicted molar refractivity (Wildman–Crippen MR) is 110 cm³/mol. The number of allylic oxidation sites excluding steroid dienone is 1. The van der Waals surface area contributed by atoms with Crippen LogP contribution in [0.5, 0.6) is 5.75 Å². The molecule has 2 heterocycles. The number of benzene rings is 3. The molecule has 130 valence electrons. The van der Waals surface area contributed by atoms with E-state index in [0.717, 1.165) is 22.5 Å². The number of hydrogen-bond donors (Lipinski definition) is 2. The molecule has 3 heteroatoms. The highest BCUT2D eigenvalue weighted by Crippen LogP contribution is 2.37. The highest BCUT2D eigenvalue weighted by Gasteiger charge is 2.24. The van der Waals surface area contributed by atoms with Crippen LogP contribution in [-0.2, 0) is 0 Å². The van der Waals surface area contributed by atoms with E-state index in [4.69, 9.17) is 4.74 Å². The van der Waals surface area contributed by atoms with E-state index < -0.39 is 0 Å². The predicted octanol–water partition coefficient (Wildman–Crippen LogP) is 3.93. The summed E-state index contributed by atoms with van der Waals surface area (Å²) in [5, 5.41) is 1.22. The fourth-order valence-electron chi connectivity index (χ4n) is 3.77. The van der Waals surface area contributed by atoms with Crippen LogP contribution in [0.4, 0.5) is 5.69 Å². The van der Waals surface area contributed by atoms with Crippen LogP contribution < -0.4 is 9.73 Å². The number of para-hydroxylation sites is 2. The van der Waals surface area contributed by atoms with E-state index in [9.17, 15) is 0 Å². The zero-order valence-corrected chi connectivity index (χ0v) is 15.0. The average Bonchev–Trinajstić information content (AvgIpc) is 3.34.